The molecule has 1 N–H and O–H groups in total. The first-order valence-corrected chi connectivity index (χ1v) is 8.44. The second-order valence-corrected chi connectivity index (χ2v) is 5.95. The van der Waals surface area contributed by atoms with E-state index in [1.54, 1.807) is 12.1 Å². The molecule has 128 valence electrons. The van der Waals surface area contributed by atoms with Gasteiger partial charge in [0.25, 0.3) is 5.91 Å². The zero-order valence-corrected chi connectivity index (χ0v) is 14.0. The summed E-state index contributed by atoms with van der Waals surface area (Å²) in [5.41, 5.74) is 0.516. The van der Waals surface area contributed by atoms with E-state index in [2.05, 4.69) is 24.1 Å². The molecule has 6 heteroatoms. The highest BCUT2D eigenvalue weighted by Gasteiger charge is 2.27. The molecule has 2 heterocycles. The predicted octanol–water partition coefficient (Wildman–Crippen LogP) is 1.19. The third-order valence-electron chi connectivity index (χ3n) is 4.64. The van der Waals surface area contributed by atoms with Gasteiger partial charge in [-0.15, -0.1) is 0 Å². The minimum absolute atomic E-state index is 0.130. The van der Waals surface area contributed by atoms with Crippen molar-refractivity contribution in [3.63, 3.8) is 0 Å². The number of amides is 1. The zero-order valence-electron chi connectivity index (χ0n) is 14.0. The average Bonchev–Trinajstić information content (AvgIpc) is 2.59. The van der Waals surface area contributed by atoms with E-state index in [0.717, 1.165) is 39.1 Å². The topological polar surface area (TPSA) is 68.5 Å². The first kappa shape index (κ1) is 17.7. The molecule has 23 heavy (non-hydrogen) atoms. The van der Waals surface area contributed by atoms with Crippen molar-refractivity contribution in [3.05, 3.63) is 35.3 Å². The molecule has 1 unspecified atom stereocenters. The molecular formula is C17H27N3O3. The van der Waals surface area contributed by atoms with Crippen molar-refractivity contribution >= 4 is 5.91 Å². The Bertz CT molecular complexity index is 482. The van der Waals surface area contributed by atoms with E-state index in [9.17, 15) is 10.0 Å². The summed E-state index contributed by atoms with van der Waals surface area (Å²) in [5, 5.41) is 14.1. The Balaban J connectivity index is 1.99. The van der Waals surface area contributed by atoms with Gasteiger partial charge in [-0.25, -0.2) is 0 Å². The van der Waals surface area contributed by atoms with Crippen molar-refractivity contribution in [1.29, 1.82) is 0 Å². The molecule has 1 atom stereocenters. The highest BCUT2D eigenvalue weighted by molar-refractivity contribution is 5.93. The molecule has 1 aliphatic rings. The van der Waals surface area contributed by atoms with Gasteiger partial charge in [-0.3, -0.25) is 9.69 Å². The highest BCUT2D eigenvalue weighted by Crippen LogP contribution is 2.19. The number of hydrogen-bond acceptors (Lipinski definition) is 4. The van der Waals surface area contributed by atoms with Crippen LogP contribution in [0.5, 0.6) is 0 Å². The summed E-state index contributed by atoms with van der Waals surface area (Å²) in [7, 11) is 0. The quantitative estimate of drug-likeness (QED) is 0.605. The van der Waals surface area contributed by atoms with Crippen LogP contribution in [0, 0.1) is 11.1 Å². The molecule has 0 bridgehead atoms. The van der Waals surface area contributed by atoms with E-state index in [-0.39, 0.29) is 5.91 Å². The third kappa shape index (κ3) is 4.91. The Morgan fingerprint density at radius 3 is 2.48 bits per heavy atom. The van der Waals surface area contributed by atoms with E-state index in [4.69, 9.17) is 4.74 Å². The summed E-state index contributed by atoms with van der Waals surface area (Å²) >= 11 is 0. The van der Waals surface area contributed by atoms with Crippen LogP contribution in [0.25, 0.3) is 0 Å². The van der Waals surface area contributed by atoms with Crippen LogP contribution in [0.3, 0.4) is 0 Å². The first-order chi connectivity index (χ1) is 11.2. The Labute approximate surface area is 138 Å². The number of pyridine rings is 1. The fraction of sp³-hybridized carbons (Fsp3) is 0.647. The average molecular weight is 321 g/mol. The largest absolute Gasteiger partial charge is 0.619 e. The number of carbonyl (C=O) groups is 1. The molecule has 0 aromatic carbocycles. The minimum Gasteiger partial charge on any atom is -0.619 e. The zero-order chi connectivity index (χ0) is 16.7. The molecule has 1 aliphatic heterocycles. The van der Waals surface area contributed by atoms with Crippen LogP contribution in [0.4, 0.5) is 0 Å². The second-order valence-electron chi connectivity index (χ2n) is 5.95. The van der Waals surface area contributed by atoms with Gasteiger partial charge >= 0.3 is 0 Å². The van der Waals surface area contributed by atoms with Crippen molar-refractivity contribution in [2.45, 2.75) is 32.7 Å². The summed E-state index contributed by atoms with van der Waals surface area (Å²) in [5.74, 6) is 0.419. The third-order valence-corrected chi connectivity index (χ3v) is 4.64. The van der Waals surface area contributed by atoms with Crippen molar-refractivity contribution in [2.75, 3.05) is 32.8 Å². The van der Waals surface area contributed by atoms with Gasteiger partial charge in [0.05, 0.1) is 18.8 Å². The number of morpholine rings is 1. The Morgan fingerprint density at radius 1 is 1.30 bits per heavy atom. The summed E-state index contributed by atoms with van der Waals surface area (Å²) in [6, 6.07) is 3.41. The maximum Gasteiger partial charge on any atom is 0.251 e. The molecule has 1 amide bonds. The van der Waals surface area contributed by atoms with Gasteiger partial charge < -0.3 is 15.3 Å². The van der Waals surface area contributed by atoms with Crippen molar-refractivity contribution in [1.82, 2.24) is 10.2 Å². The molecule has 1 saturated heterocycles. The molecule has 0 spiro atoms. The van der Waals surface area contributed by atoms with Crippen LogP contribution < -0.4 is 10.0 Å². The smallest absolute Gasteiger partial charge is 0.251 e. The minimum atomic E-state index is -0.130. The molecule has 0 aliphatic carbocycles. The van der Waals surface area contributed by atoms with Gasteiger partial charge in [-0.1, -0.05) is 26.7 Å². The number of nitrogens with zero attached hydrogens (tertiary/aromatic N) is 2. The van der Waals surface area contributed by atoms with Gasteiger partial charge in [0.15, 0.2) is 12.4 Å². The maximum atomic E-state index is 12.3. The maximum absolute atomic E-state index is 12.3. The summed E-state index contributed by atoms with van der Waals surface area (Å²) in [6.45, 7) is 8.37. The Morgan fingerprint density at radius 2 is 1.91 bits per heavy atom. The van der Waals surface area contributed by atoms with E-state index >= 15 is 0 Å². The summed E-state index contributed by atoms with van der Waals surface area (Å²) in [4.78, 5) is 14.7. The van der Waals surface area contributed by atoms with Gasteiger partial charge in [0.2, 0.25) is 0 Å². The number of nitrogens with one attached hydrogen (secondary N) is 1. The van der Waals surface area contributed by atoms with Crippen LogP contribution in [0.1, 0.15) is 37.0 Å². The molecule has 0 radical (unpaired) electrons. The van der Waals surface area contributed by atoms with E-state index < -0.39 is 0 Å². The molecule has 1 fully saturated rings. The van der Waals surface area contributed by atoms with Gasteiger partial charge in [-0.2, -0.15) is 4.73 Å². The van der Waals surface area contributed by atoms with Crippen LogP contribution in [0.2, 0.25) is 0 Å². The highest BCUT2D eigenvalue weighted by atomic mass is 16.5. The van der Waals surface area contributed by atoms with Crippen molar-refractivity contribution in [3.8, 4) is 0 Å². The number of aromatic nitrogens is 1. The lowest BCUT2D eigenvalue weighted by molar-refractivity contribution is -0.605. The molecule has 1 aromatic rings. The van der Waals surface area contributed by atoms with Gasteiger partial charge in [0.1, 0.15) is 0 Å². The van der Waals surface area contributed by atoms with Crippen LogP contribution in [0.15, 0.2) is 24.5 Å². The van der Waals surface area contributed by atoms with Crippen molar-refractivity contribution < 1.29 is 14.3 Å². The number of carbonyl (C=O) groups excluding carboxylic acids is 1. The summed E-state index contributed by atoms with van der Waals surface area (Å²) < 4.78 is 6.12. The molecule has 2 rings (SSSR count). The fourth-order valence-electron chi connectivity index (χ4n) is 3.20. The monoisotopic (exact) mass is 321 g/mol. The number of ether oxygens (including phenoxy) is 1. The van der Waals surface area contributed by atoms with Crippen LogP contribution in [-0.2, 0) is 4.74 Å². The Hall–Kier alpha value is -1.66. The second kappa shape index (κ2) is 8.84. The number of hydrogen-bond donors (Lipinski definition) is 1. The molecule has 1 aromatic heterocycles. The van der Waals surface area contributed by atoms with Crippen LogP contribution >= 0.6 is 0 Å². The Kier molecular flexibility index (Phi) is 6.80. The first-order valence-electron chi connectivity index (χ1n) is 8.44. The van der Waals surface area contributed by atoms with E-state index in [1.165, 1.54) is 12.4 Å². The standard InChI is InChI=1S/C17H27N3O3/c1-3-14(4-2)16(19-9-11-23-12-10-19)13-18-17(21)15-5-7-20(22)8-6-15/h5-8,14,16H,3-4,9-13H2,1-2H3,(H,18,21). The van der Waals surface area contributed by atoms with Crippen molar-refractivity contribution in [2.24, 2.45) is 5.92 Å². The number of rotatable bonds is 7. The molecule has 6 nitrogen and oxygen atoms in total. The molecular weight excluding hydrogens is 294 g/mol. The van der Waals surface area contributed by atoms with E-state index in [1.807, 2.05) is 0 Å². The molecule has 0 saturated carbocycles. The lowest BCUT2D eigenvalue weighted by atomic mass is 9.92. The SMILES string of the molecule is CCC(CC)C(CNC(=O)c1cc[n+]([O-])cc1)N1CCOCC1. The van der Waals surface area contributed by atoms with E-state index in [0.29, 0.717) is 28.8 Å². The normalized spacial score (nSPS) is 17.2. The van der Waals surface area contributed by atoms with Gasteiger partial charge in [0, 0.05) is 37.8 Å². The predicted molar refractivity (Wildman–Crippen MR) is 88.0 cm³/mol. The van der Waals surface area contributed by atoms with Gasteiger partial charge in [-0.05, 0) is 5.92 Å². The lowest BCUT2D eigenvalue weighted by Gasteiger charge is -2.38. The van der Waals surface area contributed by atoms with Crippen LogP contribution in [-0.4, -0.2) is 49.7 Å². The summed E-state index contributed by atoms with van der Waals surface area (Å²) in [6.07, 6.45) is 4.87. The lowest BCUT2D eigenvalue weighted by Crippen LogP contribution is -2.52. The fourth-order valence-corrected chi connectivity index (χ4v) is 3.20.